The molecule has 0 saturated heterocycles. The number of benzene rings is 5. The molecule has 0 radical (unpaired) electrons. The summed E-state index contributed by atoms with van der Waals surface area (Å²) in [4.78, 5) is 1.90. The van der Waals surface area contributed by atoms with Crippen molar-refractivity contribution in [1.82, 2.24) is 0 Å². The van der Waals surface area contributed by atoms with Crippen LogP contribution in [0.5, 0.6) is 11.5 Å². The van der Waals surface area contributed by atoms with Crippen LogP contribution < -0.4 is 9.47 Å². The molecule has 0 fully saturated rings. The maximum absolute atomic E-state index is 10.2. The van der Waals surface area contributed by atoms with Gasteiger partial charge < -0.3 is 14.6 Å². The van der Waals surface area contributed by atoms with Crippen molar-refractivity contribution in [3.63, 3.8) is 0 Å². The second kappa shape index (κ2) is 11.2. The summed E-state index contributed by atoms with van der Waals surface area (Å²) >= 11 is 1.63. The lowest BCUT2D eigenvalue weighted by atomic mass is 9.53. The smallest absolute Gasteiger partial charge is 0.188 e. The number of rotatable bonds is 1. The minimum Gasteiger partial charge on any atom is -0.488 e. The van der Waals surface area contributed by atoms with Crippen LogP contribution in [0.3, 0.4) is 0 Å². The highest BCUT2D eigenvalue weighted by atomic mass is 32.1. The molecule has 0 spiro atoms. The number of fused-ring (bicyclic) bond motifs is 1. The third-order valence-electron chi connectivity index (χ3n) is 12.3. The first kappa shape index (κ1) is 31.0. The number of hydrogen-bond acceptors (Lipinski definition) is 4. The molecular weight excluding hydrogens is 669 g/mol. The molecular formula is C49H36O3S. The van der Waals surface area contributed by atoms with E-state index in [2.05, 4.69) is 128 Å². The molecule has 6 aromatic rings. The molecule has 0 saturated carbocycles. The fourth-order valence-corrected chi connectivity index (χ4v) is 11.0. The summed E-state index contributed by atoms with van der Waals surface area (Å²) in [6.45, 7) is 6.80. The predicted molar refractivity (Wildman–Crippen MR) is 210 cm³/mol. The molecule has 53 heavy (non-hydrogen) atoms. The molecule has 256 valence electrons. The summed E-state index contributed by atoms with van der Waals surface area (Å²) in [6, 6.07) is 36.2. The van der Waals surface area contributed by atoms with Crippen LogP contribution in [0.2, 0.25) is 0 Å². The average molecular weight is 705 g/mol. The summed E-state index contributed by atoms with van der Waals surface area (Å²) in [5.74, 6) is 16.4. The van der Waals surface area contributed by atoms with Gasteiger partial charge in [0, 0.05) is 39.7 Å². The summed E-state index contributed by atoms with van der Waals surface area (Å²) in [5.41, 5.74) is 18.1. The molecule has 2 heterocycles. The molecule has 1 aromatic heterocycles. The Hall–Kier alpha value is -5.52. The van der Waals surface area contributed by atoms with Crippen LogP contribution in [0.1, 0.15) is 125 Å². The topological polar surface area (TPSA) is 38.7 Å². The highest BCUT2D eigenvalue weighted by Crippen LogP contribution is 2.64. The number of aliphatic hydroxyl groups excluding tert-OH is 1. The fourth-order valence-electron chi connectivity index (χ4n) is 10.1. The summed E-state index contributed by atoms with van der Waals surface area (Å²) in [7, 11) is 0. The van der Waals surface area contributed by atoms with Crippen LogP contribution in [-0.2, 0) is 0 Å². The van der Waals surface area contributed by atoms with Gasteiger partial charge in [0.15, 0.2) is 11.5 Å². The van der Waals surface area contributed by atoms with Crippen molar-refractivity contribution in [2.24, 2.45) is 5.41 Å². The number of aliphatic hydroxyl groups is 1. The first-order valence-electron chi connectivity index (χ1n) is 18.5. The largest absolute Gasteiger partial charge is 0.488 e. The maximum Gasteiger partial charge on any atom is 0.188 e. The number of aryl methyl sites for hydroxylation is 1. The Kier molecular flexibility index (Phi) is 6.58. The van der Waals surface area contributed by atoms with E-state index in [0.29, 0.717) is 19.0 Å². The Morgan fingerprint density at radius 1 is 0.585 bits per heavy atom. The van der Waals surface area contributed by atoms with Gasteiger partial charge in [0.25, 0.3) is 0 Å². The van der Waals surface area contributed by atoms with Crippen LogP contribution in [-0.4, -0.2) is 24.9 Å². The van der Waals surface area contributed by atoms with Gasteiger partial charge in [0.2, 0.25) is 0 Å². The highest BCUT2D eigenvalue weighted by Gasteiger charge is 2.50. The Balaban J connectivity index is 1.26. The van der Waals surface area contributed by atoms with Crippen molar-refractivity contribution >= 4 is 11.3 Å². The zero-order chi connectivity index (χ0) is 35.6. The molecule has 6 aliphatic carbocycles. The third-order valence-corrected chi connectivity index (χ3v) is 13.3. The SMILES string of the molecule is CC#Cc1c2c(c(C#Cc3sc(C)c4c3OCC(C)(CO)CO4)c3c1C1c4ccccc4C3c3ccccc31)C1c3ccccc3C2c2ccccc21. The molecule has 4 bridgehead atoms. The second-order valence-electron chi connectivity index (χ2n) is 15.5. The van der Waals surface area contributed by atoms with Gasteiger partial charge in [-0.1, -0.05) is 116 Å². The Bertz CT molecular complexity index is 2490. The fraction of sp³-hybridized carbons (Fsp3) is 0.224. The summed E-state index contributed by atoms with van der Waals surface area (Å²) < 4.78 is 12.8. The Morgan fingerprint density at radius 2 is 0.943 bits per heavy atom. The van der Waals surface area contributed by atoms with Crippen molar-refractivity contribution in [1.29, 1.82) is 0 Å². The van der Waals surface area contributed by atoms with Crippen LogP contribution in [0, 0.1) is 36.0 Å². The van der Waals surface area contributed by atoms with E-state index in [-0.39, 0.29) is 30.3 Å². The quantitative estimate of drug-likeness (QED) is 0.173. The van der Waals surface area contributed by atoms with Gasteiger partial charge in [-0.15, -0.1) is 17.3 Å². The molecule has 1 unspecified atom stereocenters. The first-order chi connectivity index (χ1) is 26.0. The molecule has 3 nitrogen and oxygen atoms in total. The van der Waals surface area contributed by atoms with E-state index >= 15 is 0 Å². The number of thiophene rings is 1. The van der Waals surface area contributed by atoms with E-state index in [1.807, 2.05) is 13.8 Å². The first-order valence-corrected chi connectivity index (χ1v) is 19.4. The van der Waals surface area contributed by atoms with E-state index in [0.717, 1.165) is 21.1 Å². The van der Waals surface area contributed by atoms with E-state index in [1.54, 1.807) is 11.3 Å². The number of ether oxygens (including phenoxy) is 2. The minimum absolute atomic E-state index is 0.0109. The van der Waals surface area contributed by atoms with Crippen LogP contribution >= 0.6 is 11.3 Å². The van der Waals surface area contributed by atoms with Crippen LogP contribution in [0.4, 0.5) is 0 Å². The van der Waals surface area contributed by atoms with Gasteiger partial charge in [-0.2, -0.15) is 0 Å². The van der Waals surface area contributed by atoms with Gasteiger partial charge in [-0.25, -0.2) is 0 Å². The molecule has 0 amide bonds. The molecule has 5 aromatic carbocycles. The number of hydrogen-bond donors (Lipinski definition) is 1. The molecule has 4 heteroatoms. The normalized spacial score (nSPS) is 22.7. The van der Waals surface area contributed by atoms with Gasteiger partial charge >= 0.3 is 0 Å². The van der Waals surface area contributed by atoms with Gasteiger partial charge in [-0.05, 0) is 86.5 Å². The summed E-state index contributed by atoms with van der Waals surface area (Å²) in [6.07, 6.45) is 0. The van der Waals surface area contributed by atoms with Gasteiger partial charge in [0.05, 0.1) is 25.2 Å². The van der Waals surface area contributed by atoms with Crippen molar-refractivity contribution in [2.75, 3.05) is 19.8 Å². The van der Waals surface area contributed by atoms with Crippen LogP contribution in [0.15, 0.2) is 97.1 Å². The Morgan fingerprint density at radius 3 is 1.30 bits per heavy atom. The minimum atomic E-state index is -0.484. The molecule has 1 N–H and O–H groups in total. The Labute approximate surface area is 314 Å². The third kappa shape index (κ3) is 4.12. The van der Waals surface area contributed by atoms with Crippen molar-refractivity contribution in [3.05, 3.63) is 185 Å². The lowest BCUT2D eigenvalue weighted by Crippen LogP contribution is -2.35. The zero-order valence-corrected chi connectivity index (χ0v) is 30.7. The molecule has 1 aliphatic heterocycles. The summed E-state index contributed by atoms with van der Waals surface area (Å²) in [5, 5.41) is 10.2. The van der Waals surface area contributed by atoms with Crippen molar-refractivity contribution in [3.8, 4) is 35.2 Å². The van der Waals surface area contributed by atoms with E-state index in [1.165, 1.54) is 72.3 Å². The average Bonchev–Trinajstić information content (AvgIpc) is 3.39. The lowest BCUT2D eigenvalue weighted by molar-refractivity contribution is 0.0543. The highest BCUT2D eigenvalue weighted by molar-refractivity contribution is 7.13. The molecule has 7 aliphatic rings. The van der Waals surface area contributed by atoms with E-state index in [4.69, 9.17) is 9.47 Å². The lowest BCUT2D eigenvalue weighted by Gasteiger charge is -2.48. The standard InChI is InChI=1S/C49H36O3S/c1-4-13-36-43-39-28-14-5-9-18-32(28)41(33-19-10-6-15-29(33)39)45(43)37(22-23-38-48-47(27(2)53-38)51-25-49(3,24-50)26-52-48)46-42-34-20-11-7-16-30(34)40(44(36)46)31-17-8-12-21-35(31)42/h5-12,14-21,39-42,50H,24-26H2,1-3H3. The van der Waals surface area contributed by atoms with Gasteiger partial charge in [-0.3, -0.25) is 0 Å². The molecule has 13 rings (SSSR count). The van der Waals surface area contributed by atoms with Crippen molar-refractivity contribution < 1.29 is 14.6 Å². The molecule has 1 atom stereocenters. The zero-order valence-electron chi connectivity index (χ0n) is 29.8. The van der Waals surface area contributed by atoms with E-state index in [9.17, 15) is 5.11 Å². The maximum atomic E-state index is 10.2. The van der Waals surface area contributed by atoms with Crippen molar-refractivity contribution in [2.45, 2.75) is 44.4 Å². The van der Waals surface area contributed by atoms with Gasteiger partial charge in [0.1, 0.15) is 4.88 Å². The second-order valence-corrected chi connectivity index (χ2v) is 16.7. The van der Waals surface area contributed by atoms with Crippen LogP contribution in [0.25, 0.3) is 0 Å². The predicted octanol–water partition coefficient (Wildman–Crippen LogP) is 9.57. The van der Waals surface area contributed by atoms with E-state index < -0.39 is 5.41 Å². The monoisotopic (exact) mass is 704 g/mol.